The molecule has 0 radical (unpaired) electrons. The Hall–Kier alpha value is -2.01. The second-order valence-corrected chi connectivity index (χ2v) is 5.96. The summed E-state index contributed by atoms with van der Waals surface area (Å²) in [5, 5.41) is 3.68. The molecule has 0 unspecified atom stereocenters. The van der Waals surface area contributed by atoms with Crippen LogP contribution in [0.2, 0.25) is 0 Å². The summed E-state index contributed by atoms with van der Waals surface area (Å²) in [5.41, 5.74) is 8.59. The molecule has 2 aromatic carbocycles. The van der Waals surface area contributed by atoms with Crippen LogP contribution in [0.4, 0.5) is 5.69 Å². The van der Waals surface area contributed by atoms with Crippen molar-refractivity contribution in [3.05, 3.63) is 59.7 Å². The van der Waals surface area contributed by atoms with Gasteiger partial charge in [-0.15, -0.1) is 0 Å². The van der Waals surface area contributed by atoms with Gasteiger partial charge in [0.2, 0.25) is 5.91 Å². The summed E-state index contributed by atoms with van der Waals surface area (Å²) in [5.74, 6) is 0.646. The van der Waals surface area contributed by atoms with Crippen LogP contribution in [-0.4, -0.2) is 24.4 Å². The Kier molecular flexibility index (Phi) is 6.94. The topological polar surface area (TPSA) is 64.4 Å². The van der Waals surface area contributed by atoms with Crippen LogP contribution in [0, 0.1) is 0 Å². The highest BCUT2D eigenvalue weighted by Gasteiger charge is 2.06. The van der Waals surface area contributed by atoms with E-state index in [1.807, 2.05) is 30.3 Å². The predicted molar refractivity (Wildman–Crippen MR) is 97.0 cm³/mol. The third-order valence-electron chi connectivity index (χ3n) is 3.35. The van der Waals surface area contributed by atoms with Crippen LogP contribution in [0.15, 0.2) is 48.5 Å². The van der Waals surface area contributed by atoms with Crippen molar-refractivity contribution in [2.24, 2.45) is 0 Å². The van der Waals surface area contributed by atoms with E-state index in [2.05, 4.69) is 33.4 Å². The smallest absolute Gasteiger partial charge is 0.224 e. The van der Waals surface area contributed by atoms with Gasteiger partial charge in [-0.05, 0) is 29.7 Å². The molecule has 0 aliphatic heterocycles. The molecule has 2 aromatic rings. The van der Waals surface area contributed by atoms with Gasteiger partial charge in [0, 0.05) is 11.9 Å². The number of hydrogen-bond acceptors (Lipinski definition) is 3. The number of carbonyl (C=O) groups excluding carboxylic acids is 1. The normalized spacial score (nSPS) is 10.3. The van der Waals surface area contributed by atoms with E-state index in [4.69, 9.17) is 10.5 Å². The third-order valence-corrected chi connectivity index (χ3v) is 3.68. The largest absolute Gasteiger partial charge is 0.491 e. The van der Waals surface area contributed by atoms with Crippen molar-refractivity contribution in [3.8, 4) is 5.75 Å². The maximum atomic E-state index is 12.0. The summed E-state index contributed by atoms with van der Waals surface area (Å²) in [7, 11) is 0. The summed E-state index contributed by atoms with van der Waals surface area (Å²) >= 11 is 3.30. The number of ether oxygens (including phenoxy) is 1. The fourth-order valence-corrected chi connectivity index (χ4v) is 2.39. The van der Waals surface area contributed by atoms with Gasteiger partial charge >= 0.3 is 0 Å². The SMILES string of the molecule is Nc1cc(CC(=O)NCCc2ccccc2)ccc1OCCBr. The van der Waals surface area contributed by atoms with Crippen LogP contribution < -0.4 is 15.8 Å². The van der Waals surface area contributed by atoms with E-state index in [1.54, 1.807) is 6.07 Å². The fourth-order valence-electron chi connectivity index (χ4n) is 2.23. The lowest BCUT2D eigenvalue weighted by Gasteiger charge is -2.10. The van der Waals surface area contributed by atoms with Crippen molar-refractivity contribution >= 4 is 27.5 Å². The first-order valence-corrected chi connectivity index (χ1v) is 8.69. The quantitative estimate of drug-likeness (QED) is 0.549. The average molecular weight is 377 g/mol. The number of anilines is 1. The first kappa shape index (κ1) is 17.3. The molecular formula is C18H21BrN2O2. The van der Waals surface area contributed by atoms with Crippen molar-refractivity contribution in [2.75, 3.05) is 24.2 Å². The number of nitrogens with two attached hydrogens (primary N) is 1. The second-order valence-electron chi connectivity index (χ2n) is 5.17. The van der Waals surface area contributed by atoms with Gasteiger partial charge in [-0.3, -0.25) is 4.79 Å². The molecule has 122 valence electrons. The molecule has 0 aliphatic rings. The van der Waals surface area contributed by atoms with E-state index in [9.17, 15) is 4.79 Å². The molecule has 23 heavy (non-hydrogen) atoms. The van der Waals surface area contributed by atoms with E-state index >= 15 is 0 Å². The zero-order valence-electron chi connectivity index (χ0n) is 12.9. The molecule has 0 bridgehead atoms. The highest BCUT2D eigenvalue weighted by molar-refractivity contribution is 9.09. The molecule has 2 rings (SSSR count). The Bertz CT molecular complexity index is 632. The summed E-state index contributed by atoms with van der Waals surface area (Å²) in [4.78, 5) is 12.0. The van der Waals surface area contributed by atoms with Crippen molar-refractivity contribution < 1.29 is 9.53 Å². The Labute approximate surface area is 145 Å². The number of nitrogen functional groups attached to an aromatic ring is 1. The van der Waals surface area contributed by atoms with Crippen LogP contribution in [0.1, 0.15) is 11.1 Å². The molecule has 5 heteroatoms. The summed E-state index contributed by atoms with van der Waals surface area (Å²) in [6, 6.07) is 15.6. The molecule has 4 nitrogen and oxygen atoms in total. The molecule has 0 saturated heterocycles. The van der Waals surface area contributed by atoms with E-state index < -0.39 is 0 Å². The zero-order valence-corrected chi connectivity index (χ0v) is 14.5. The lowest BCUT2D eigenvalue weighted by molar-refractivity contribution is -0.120. The Morgan fingerprint density at radius 1 is 1.13 bits per heavy atom. The van der Waals surface area contributed by atoms with Gasteiger partial charge in [0.05, 0.1) is 18.7 Å². The molecular weight excluding hydrogens is 356 g/mol. The zero-order chi connectivity index (χ0) is 16.5. The minimum atomic E-state index is -0.00513. The average Bonchev–Trinajstić information content (AvgIpc) is 2.55. The summed E-state index contributed by atoms with van der Waals surface area (Å²) in [6.45, 7) is 1.19. The maximum absolute atomic E-state index is 12.0. The van der Waals surface area contributed by atoms with Crippen LogP contribution in [0.5, 0.6) is 5.75 Å². The standard InChI is InChI=1S/C18H21BrN2O2/c19-9-11-23-17-7-6-15(12-16(17)20)13-18(22)21-10-8-14-4-2-1-3-5-14/h1-7,12H,8-11,13,20H2,(H,21,22). The Morgan fingerprint density at radius 3 is 2.61 bits per heavy atom. The fraction of sp³-hybridized carbons (Fsp3) is 0.278. The number of carbonyl (C=O) groups is 1. The number of benzene rings is 2. The number of rotatable bonds is 8. The molecule has 0 spiro atoms. The lowest BCUT2D eigenvalue weighted by Crippen LogP contribution is -2.27. The number of alkyl halides is 1. The first-order valence-electron chi connectivity index (χ1n) is 7.57. The first-order chi connectivity index (χ1) is 11.2. The number of nitrogens with one attached hydrogen (secondary N) is 1. The van der Waals surface area contributed by atoms with E-state index in [0.29, 0.717) is 31.0 Å². The van der Waals surface area contributed by atoms with Gasteiger partial charge in [-0.1, -0.05) is 52.3 Å². The Balaban J connectivity index is 1.79. The lowest BCUT2D eigenvalue weighted by atomic mass is 10.1. The van der Waals surface area contributed by atoms with Gasteiger partial charge < -0.3 is 15.8 Å². The predicted octanol–water partition coefficient (Wildman–Crippen LogP) is 2.94. The van der Waals surface area contributed by atoms with Crippen molar-refractivity contribution in [1.82, 2.24) is 5.32 Å². The molecule has 0 heterocycles. The van der Waals surface area contributed by atoms with Crippen LogP contribution in [0.3, 0.4) is 0 Å². The molecule has 1 amide bonds. The van der Waals surface area contributed by atoms with Gasteiger partial charge in [-0.25, -0.2) is 0 Å². The molecule has 0 fully saturated rings. The minimum Gasteiger partial charge on any atom is -0.491 e. The summed E-state index contributed by atoms with van der Waals surface area (Å²) in [6.07, 6.45) is 1.14. The molecule has 3 N–H and O–H groups in total. The van der Waals surface area contributed by atoms with E-state index in [-0.39, 0.29) is 5.91 Å². The number of halogens is 1. The molecule has 0 atom stereocenters. The van der Waals surface area contributed by atoms with Crippen LogP contribution >= 0.6 is 15.9 Å². The van der Waals surface area contributed by atoms with Crippen molar-refractivity contribution in [1.29, 1.82) is 0 Å². The Morgan fingerprint density at radius 2 is 1.91 bits per heavy atom. The van der Waals surface area contributed by atoms with E-state index in [1.165, 1.54) is 5.56 Å². The summed E-state index contributed by atoms with van der Waals surface area (Å²) < 4.78 is 5.49. The van der Waals surface area contributed by atoms with Crippen molar-refractivity contribution in [2.45, 2.75) is 12.8 Å². The number of hydrogen-bond donors (Lipinski definition) is 2. The molecule has 0 saturated carbocycles. The third kappa shape index (κ3) is 5.94. The van der Waals surface area contributed by atoms with Crippen LogP contribution in [0.25, 0.3) is 0 Å². The minimum absolute atomic E-state index is 0.00513. The van der Waals surface area contributed by atoms with Crippen LogP contribution in [-0.2, 0) is 17.6 Å². The molecule has 0 aromatic heterocycles. The highest BCUT2D eigenvalue weighted by Crippen LogP contribution is 2.22. The van der Waals surface area contributed by atoms with Gasteiger partial charge in [0.1, 0.15) is 5.75 Å². The van der Waals surface area contributed by atoms with Gasteiger partial charge in [0.25, 0.3) is 0 Å². The molecule has 0 aliphatic carbocycles. The highest BCUT2D eigenvalue weighted by atomic mass is 79.9. The van der Waals surface area contributed by atoms with E-state index in [0.717, 1.165) is 17.3 Å². The van der Waals surface area contributed by atoms with Crippen molar-refractivity contribution in [3.63, 3.8) is 0 Å². The number of amides is 1. The maximum Gasteiger partial charge on any atom is 0.224 e. The van der Waals surface area contributed by atoms with Gasteiger partial charge in [0.15, 0.2) is 0 Å². The second kappa shape index (κ2) is 9.20. The monoisotopic (exact) mass is 376 g/mol. The van der Waals surface area contributed by atoms with Gasteiger partial charge in [-0.2, -0.15) is 0 Å².